The van der Waals surface area contributed by atoms with E-state index >= 15 is 0 Å². The van der Waals surface area contributed by atoms with Crippen molar-refractivity contribution in [2.45, 2.75) is 38.3 Å². The standard InChI is InChI=1S/C14H17ClN2O2/c15-12-4-3-11(14(7-12)17(18)19)8-16-13-6-9-1-2-10(13)5-9/h3-4,7,9-10,13,16H,1-2,5-6,8H2. The van der Waals surface area contributed by atoms with Crippen LogP contribution in [0, 0.1) is 22.0 Å². The van der Waals surface area contributed by atoms with E-state index in [-0.39, 0.29) is 10.6 Å². The van der Waals surface area contributed by atoms with Crippen molar-refractivity contribution in [2.75, 3.05) is 0 Å². The summed E-state index contributed by atoms with van der Waals surface area (Å²) in [5, 5.41) is 14.9. The van der Waals surface area contributed by atoms with Crippen LogP contribution in [0.5, 0.6) is 0 Å². The Bertz CT molecular complexity index is 506. The Kier molecular flexibility index (Phi) is 3.46. The monoisotopic (exact) mass is 280 g/mol. The van der Waals surface area contributed by atoms with Gasteiger partial charge in [-0.1, -0.05) is 18.0 Å². The number of fused-ring (bicyclic) bond motifs is 2. The van der Waals surface area contributed by atoms with Gasteiger partial charge in [0.25, 0.3) is 5.69 Å². The van der Waals surface area contributed by atoms with Crippen LogP contribution < -0.4 is 5.32 Å². The smallest absolute Gasteiger partial charge is 0.275 e. The van der Waals surface area contributed by atoms with Crippen LogP contribution in [0.1, 0.15) is 31.2 Å². The molecule has 0 saturated heterocycles. The molecule has 4 nitrogen and oxygen atoms in total. The molecule has 102 valence electrons. The average molecular weight is 281 g/mol. The van der Waals surface area contributed by atoms with Crippen LogP contribution in [0.2, 0.25) is 5.02 Å². The Hall–Kier alpha value is -1.13. The van der Waals surface area contributed by atoms with Gasteiger partial charge < -0.3 is 5.32 Å². The Morgan fingerprint density at radius 2 is 2.21 bits per heavy atom. The summed E-state index contributed by atoms with van der Waals surface area (Å²) in [6, 6.07) is 5.43. The zero-order valence-corrected chi connectivity index (χ0v) is 11.4. The van der Waals surface area contributed by atoms with E-state index in [9.17, 15) is 10.1 Å². The molecule has 2 fully saturated rings. The van der Waals surface area contributed by atoms with Gasteiger partial charge in [0.1, 0.15) is 0 Å². The summed E-state index contributed by atoms with van der Waals surface area (Å²) in [7, 11) is 0. The molecule has 2 saturated carbocycles. The van der Waals surface area contributed by atoms with Crippen LogP contribution >= 0.6 is 11.6 Å². The minimum absolute atomic E-state index is 0.114. The molecule has 3 rings (SSSR count). The normalized spacial score (nSPS) is 28.8. The number of hydrogen-bond donors (Lipinski definition) is 1. The molecule has 3 atom stereocenters. The average Bonchev–Trinajstić information content (AvgIpc) is 2.99. The third kappa shape index (κ3) is 2.60. The zero-order valence-electron chi connectivity index (χ0n) is 10.6. The third-order valence-corrected chi connectivity index (χ3v) is 4.77. The van der Waals surface area contributed by atoms with Gasteiger partial charge in [-0.15, -0.1) is 0 Å². The van der Waals surface area contributed by atoms with Crippen LogP contribution in [-0.2, 0) is 6.54 Å². The Morgan fingerprint density at radius 3 is 2.84 bits per heavy atom. The van der Waals surface area contributed by atoms with Gasteiger partial charge in [-0.2, -0.15) is 0 Å². The second-order valence-corrected chi connectivity index (χ2v) is 6.13. The van der Waals surface area contributed by atoms with Crippen LogP contribution in [0.3, 0.4) is 0 Å². The van der Waals surface area contributed by atoms with Gasteiger partial charge in [-0.25, -0.2) is 0 Å². The predicted octanol–water partition coefficient (Wildman–Crippen LogP) is 3.53. The maximum atomic E-state index is 11.0. The lowest BCUT2D eigenvalue weighted by atomic mass is 9.95. The molecule has 2 aliphatic rings. The van der Waals surface area contributed by atoms with E-state index in [0.717, 1.165) is 17.4 Å². The second kappa shape index (κ2) is 5.10. The van der Waals surface area contributed by atoms with Crippen molar-refractivity contribution in [3.63, 3.8) is 0 Å². The fourth-order valence-corrected chi connectivity index (χ4v) is 3.76. The highest BCUT2D eigenvalue weighted by atomic mass is 35.5. The zero-order chi connectivity index (χ0) is 13.4. The van der Waals surface area contributed by atoms with E-state index in [0.29, 0.717) is 17.6 Å². The van der Waals surface area contributed by atoms with E-state index in [2.05, 4.69) is 5.32 Å². The van der Waals surface area contributed by atoms with Gasteiger partial charge in [-0.3, -0.25) is 10.1 Å². The summed E-state index contributed by atoms with van der Waals surface area (Å²) in [5.41, 5.74) is 0.834. The van der Waals surface area contributed by atoms with Crippen molar-refractivity contribution in [1.82, 2.24) is 5.32 Å². The Labute approximate surface area is 117 Å². The summed E-state index contributed by atoms with van der Waals surface area (Å²) in [6.45, 7) is 0.557. The molecule has 0 aliphatic heterocycles. The number of nitrogens with one attached hydrogen (secondary N) is 1. The van der Waals surface area contributed by atoms with Crippen molar-refractivity contribution in [2.24, 2.45) is 11.8 Å². The van der Waals surface area contributed by atoms with Gasteiger partial charge in [-0.05, 0) is 43.2 Å². The summed E-state index contributed by atoms with van der Waals surface area (Å²) < 4.78 is 0. The molecule has 0 spiro atoms. The van der Waals surface area contributed by atoms with E-state index in [1.807, 2.05) is 0 Å². The molecule has 0 heterocycles. The van der Waals surface area contributed by atoms with E-state index < -0.39 is 0 Å². The van der Waals surface area contributed by atoms with Crippen molar-refractivity contribution in [1.29, 1.82) is 0 Å². The number of hydrogen-bond acceptors (Lipinski definition) is 3. The third-order valence-electron chi connectivity index (χ3n) is 4.54. The van der Waals surface area contributed by atoms with Gasteiger partial charge in [0, 0.05) is 29.2 Å². The number of nitrogens with zero attached hydrogens (tertiary/aromatic N) is 1. The molecular weight excluding hydrogens is 264 g/mol. The van der Waals surface area contributed by atoms with E-state index in [1.54, 1.807) is 12.1 Å². The molecule has 1 aromatic carbocycles. The highest BCUT2D eigenvalue weighted by Gasteiger charge is 2.39. The maximum absolute atomic E-state index is 11.0. The summed E-state index contributed by atoms with van der Waals surface area (Å²) in [4.78, 5) is 10.7. The van der Waals surface area contributed by atoms with Gasteiger partial charge in [0.15, 0.2) is 0 Å². The van der Waals surface area contributed by atoms with Crippen LogP contribution in [0.15, 0.2) is 18.2 Å². The molecule has 3 unspecified atom stereocenters. The van der Waals surface area contributed by atoms with Gasteiger partial charge in [0.05, 0.1) is 4.92 Å². The summed E-state index contributed by atoms with van der Waals surface area (Å²) in [6.07, 6.45) is 5.24. The van der Waals surface area contributed by atoms with Crippen molar-refractivity contribution in [3.8, 4) is 0 Å². The molecule has 0 aromatic heterocycles. The van der Waals surface area contributed by atoms with Crippen molar-refractivity contribution >= 4 is 17.3 Å². The molecule has 0 amide bonds. The van der Waals surface area contributed by atoms with Crippen LogP contribution in [0.25, 0.3) is 0 Å². The minimum Gasteiger partial charge on any atom is -0.309 e. The number of rotatable bonds is 4. The summed E-state index contributed by atoms with van der Waals surface area (Å²) in [5.74, 6) is 1.65. The number of nitro benzene ring substituents is 1. The van der Waals surface area contributed by atoms with Gasteiger partial charge >= 0.3 is 0 Å². The number of halogens is 1. The number of nitro groups is 1. The first-order valence-corrected chi connectivity index (χ1v) is 7.17. The fourth-order valence-electron chi connectivity index (χ4n) is 3.59. The molecule has 5 heteroatoms. The lowest BCUT2D eigenvalue weighted by molar-refractivity contribution is -0.385. The van der Waals surface area contributed by atoms with Crippen LogP contribution in [-0.4, -0.2) is 11.0 Å². The first-order valence-electron chi connectivity index (χ1n) is 6.79. The Balaban J connectivity index is 1.68. The molecule has 19 heavy (non-hydrogen) atoms. The highest BCUT2D eigenvalue weighted by Crippen LogP contribution is 2.44. The quantitative estimate of drug-likeness (QED) is 0.678. The number of benzene rings is 1. The molecule has 2 aliphatic carbocycles. The first-order chi connectivity index (χ1) is 9.13. The molecule has 1 aromatic rings. The van der Waals surface area contributed by atoms with E-state index in [1.165, 1.54) is 31.7 Å². The lowest BCUT2D eigenvalue weighted by Gasteiger charge is -2.22. The molecule has 0 radical (unpaired) electrons. The Morgan fingerprint density at radius 1 is 1.37 bits per heavy atom. The largest absolute Gasteiger partial charge is 0.309 e. The fraction of sp³-hybridized carbons (Fsp3) is 0.571. The molecule has 2 bridgehead atoms. The minimum atomic E-state index is -0.357. The predicted molar refractivity (Wildman–Crippen MR) is 74.2 cm³/mol. The first kappa shape index (κ1) is 12.9. The SMILES string of the molecule is O=[N+]([O-])c1cc(Cl)ccc1CNC1CC2CCC1C2. The van der Waals surface area contributed by atoms with E-state index in [4.69, 9.17) is 11.6 Å². The summed E-state index contributed by atoms with van der Waals surface area (Å²) >= 11 is 5.81. The second-order valence-electron chi connectivity index (χ2n) is 5.69. The van der Waals surface area contributed by atoms with Gasteiger partial charge in [0.2, 0.25) is 0 Å². The van der Waals surface area contributed by atoms with Crippen molar-refractivity contribution < 1.29 is 4.92 Å². The maximum Gasteiger partial charge on any atom is 0.275 e. The highest BCUT2D eigenvalue weighted by molar-refractivity contribution is 6.30. The van der Waals surface area contributed by atoms with Crippen LogP contribution in [0.4, 0.5) is 5.69 Å². The topological polar surface area (TPSA) is 55.2 Å². The molecule has 1 N–H and O–H groups in total. The lowest BCUT2D eigenvalue weighted by Crippen LogP contribution is -2.33. The van der Waals surface area contributed by atoms with Crippen molar-refractivity contribution in [3.05, 3.63) is 38.9 Å². The molecular formula is C14H17ClN2O2.